The van der Waals surface area contributed by atoms with Crippen molar-refractivity contribution in [3.05, 3.63) is 34.9 Å². The van der Waals surface area contributed by atoms with Gasteiger partial charge in [0.25, 0.3) is 0 Å². The summed E-state index contributed by atoms with van der Waals surface area (Å²) >= 11 is 0. The molecule has 0 spiro atoms. The molecule has 0 unspecified atom stereocenters. The van der Waals surface area contributed by atoms with E-state index in [2.05, 4.69) is 15.9 Å². The summed E-state index contributed by atoms with van der Waals surface area (Å²) in [6, 6.07) is 6.22. The number of likely N-dealkylation sites (tertiary alicyclic amines) is 1. The fraction of sp³-hybridized carbons (Fsp3) is 0.538. The molecule has 0 aromatic heterocycles. The molecule has 5 rings (SSSR count). The van der Waals surface area contributed by atoms with E-state index in [9.17, 15) is 5.11 Å². The highest BCUT2D eigenvalue weighted by Crippen LogP contribution is 2.56. The van der Waals surface area contributed by atoms with Crippen LogP contribution in [0.15, 0.2) is 18.2 Å². The third-order valence-corrected chi connectivity index (χ3v) is 7.48. The molecule has 0 radical (unpaired) electrons. The number of ether oxygens (including phenoxy) is 3. The summed E-state index contributed by atoms with van der Waals surface area (Å²) in [6.45, 7) is 5.70. The van der Waals surface area contributed by atoms with Crippen LogP contribution in [0.25, 0.3) is 11.1 Å². The molecular formula is C26H34N2O4. The number of phenols is 1. The second-order valence-electron chi connectivity index (χ2n) is 9.12. The standard InChI is InChI=1S/C26H34N2O4/c1-30-21-16-18-9-12-28(14-13-27-10-5-4-6-11-27)19-15-17-7-8-20(29)25(31-2)23(17)24(22(18)19)26(21)32-3/h7-8,16,19,29H,4-6,9-15H2,1-3H3/t19-/m0/s1. The molecule has 3 aliphatic rings. The highest BCUT2D eigenvalue weighted by atomic mass is 16.5. The van der Waals surface area contributed by atoms with Crippen molar-refractivity contribution in [2.24, 2.45) is 0 Å². The van der Waals surface area contributed by atoms with Gasteiger partial charge in [0.2, 0.25) is 0 Å². The second kappa shape index (κ2) is 8.83. The Labute approximate surface area is 190 Å². The third kappa shape index (κ3) is 3.50. The Hall–Kier alpha value is -2.44. The van der Waals surface area contributed by atoms with Crippen molar-refractivity contribution in [3.63, 3.8) is 0 Å². The van der Waals surface area contributed by atoms with Crippen LogP contribution in [0, 0.1) is 0 Å². The quantitative estimate of drug-likeness (QED) is 0.735. The Morgan fingerprint density at radius 1 is 0.875 bits per heavy atom. The molecule has 172 valence electrons. The average Bonchev–Trinajstić information content (AvgIpc) is 2.83. The van der Waals surface area contributed by atoms with Crippen molar-refractivity contribution >= 4 is 0 Å². The Morgan fingerprint density at radius 3 is 2.38 bits per heavy atom. The van der Waals surface area contributed by atoms with Gasteiger partial charge in [0.15, 0.2) is 23.0 Å². The van der Waals surface area contributed by atoms with Crippen molar-refractivity contribution in [1.29, 1.82) is 0 Å². The molecule has 2 heterocycles. The number of hydrogen-bond acceptors (Lipinski definition) is 6. The Balaban J connectivity index is 1.60. The van der Waals surface area contributed by atoms with E-state index in [4.69, 9.17) is 14.2 Å². The van der Waals surface area contributed by atoms with Crippen LogP contribution in [0.5, 0.6) is 23.0 Å². The third-order valence-electron chi connectivity index (χ3n) is 7.48. The zero-order chi connectivity index (χ0) is 22.2. The lowest BCUT2D eigenvalue weighted by Gasteiger charge is -2.43. The van der Waals surface area contributed by atoms with E-state index in [1.807, 2.05) is 6.07 Å². The predicted molar refractivity (Wildman–Crippen MR) is 125 cm³/mol. The summed E-state index contributed by atoms with van der Waals surface area (Å²) in [6.07, 6.45) is 5.90. The molecule has 32 heavy (non-hydrogen) atoms. The molecule has 0 saturated carbocycles. The highest BCUT2D eigenvalue weighted by Gasteiger charge is 2.39. The van der Waals surface area contributed by atoms with Crippen LogP contribution in [0.3, 0.4) is 0 Å². The molecule has 2 aromatic carbocycles. The van der Waals surface area contributed by atoms with Crippen LogP contribution in [0.1, 0.15) is 42.0 Å². The first-order valence-corrected chi connectivity index (χ1v) is 11.8. The largest absolute Gasteiger partial charge is 0.504 e. The minimum absolute atomic E-state index is 0.154. The van der Waals surface area contributed by atoms with Crippen molar-refractivity contribution in [2.75, 3.05) is 54.1 Å². The zero-order valence-corrected chi connectivity index (χ0v) is 19.4. The summed E-state index contributed by atoms with van der Waals surface area (Å²) in [7, 11) is 4.99. The van der Waals surface area contributed by atoms with E-state index < -0.39 is 0 Å². The Bertz CT molecular complexity index is 1000. The fourth-order valence-electron chi connectivity index (χ4n) is 5.92. The van der Waals surface area contributed by atoms with Gasteiger partial charge in [-0.1, -0.05) is 12.5 Å². The van der Waals surface area contributed by atoms with Gasteiger partial charge < -0.3 is 24.2 Å². The molecule has 0 bridgehead atoms. The maximum absolute atomic E-state index is 10.6. The van der Waals surface area contributed by atoms with E-state index >= 15 is 0 Å². The lowest BCUT2D eigenvalue weighted by molar-refractivity contribution is 0.139. The average molecular weight is 439 g/mol. The normalized spacial score (nSPS) is 20.4. The number of methoxy groups -OCH3 is 3. The van der Waals surface area contributed by atoms with Crippen LogP contribution < -0.4 is 14.2 Å². The first-order chi connectivity index (χ1) is 15.7. The summed E-state index contributed by atoms with van der Waals surface area (Å²) in [5.74, 6) is 2.13. The molecule has 2 aliphatic heterocycles. The van der Waals surface area contributed by atoms with Gasteiger partial charge in [-0.2, -0.15) is 0 Å². The lowest BCUT2D eigenvalue weighted by atomic mass is 9.76. The number of benzene rings is 2. The number of aromatic hydroxyl groups is 1. The van der Waals surface area contributed by atoms with E-state index in [1.54, 1.807) is 27.4 Å². The van der Waals surface area contributed by atoms with Crippen molar-refractivity contribution in [1.82, 2.24) is 9.80 Å². The van der Waals surface area contributed by atoms with Crippen LogP contribution in [-0.2, 0) is 12.8 Å². The minimum Gasteiger partial charge on any atom is -0.504 e. The summed E-state index contributed by atoms with van der Waals surface area (Å²) in [4.78, 5) is 5.26. The van der Waals surface area contributed by atoms with Gasteiger partial charge in [-0.05, 0) is 67.6 Å². The molecule has 2 aromatic rings. The molecule has 1 aliphatic carbocycles. The predicted octanol–water partition coefficient (Wildman–Crippen LogP) is 4.03. The van der Waals surface area contributed by atoms with E-state index in [0.717, 1.165) is 55.1 Å². The van der Waals surface area contributed by atoms with E-state index in [1.165, 1.54) is 49.0 Å². The Kier molecular flexibility index (Phi) is 5.91. The van der Waals surface area contributed by atoms with Gasteiger partial charge in [-0.15, -0.1) is 0 Å². The van der Waals surface area contributed by atoms with Crippen LogP contribution in [-0.4, -0.2) is 69.0 Å². The molecule has 6 heteroatoms. The molecular weight excluding hydrogens is 404 g/mol. The van der Waals surface area contributed by atoms with Gasteiger partial charge in [0.05, 0.1) is 21.3 Å². The number of phenolic OH excluding ortho intramolecular Hbond substituents is 1. The summed E-state index contributed by atoms with van der Waals surface area (Å²) in [5.41, 5.74) is 5.76. The first kappa shape index (κ1) is 21.4. The van der Waals surface area contributed by atoms with Crippen molar-refractivity contribution < 1.29 is 19.3 Å². The van der Waals surface area contributed by atoms with E-state index in [-0.39, 0.29) is 5.75 Å². The van der Waals surface area contributed by atoms with Crippen LogP contribution in [0.2, 0.25) is 0 Å². The number of rotatable bonds is 6. The van der Waals surface area contributed by atoms with E-state index in [0.29, 0.717) is 11.8 Å². The zero-order valence-electron chi connectivity index (χ0n) is 19.4. The topological polar surface area (TPSA) is 54.4 Å². The number of fused-ring (bicyclic) bond motifs is 2. The molecule has 1 fully saturated rings. The smallest absolute Gasteiger partial charge is 0.169 e. The number of hydrogen-bond donors (Lipinski definition) is 1. The molecule has 1 saturated heterocycles. The SMILES string of the molecule is COc1cc2c3c(c1OC)-c1c(ccc(O)c1OC)C[C@@H]3N(CCN1CCCCC1)CC2. The highest BCUT2D eigenvalue weighted by molar-refractivity contribution is 5.88. The van der Waals surface area contributed by atoms with Gasteiger partial charge in [-0.3, -0.25) is 4.90 Å². The monoisotopic (exact) mass is 438 g/mol. The second-order valence-corrected chi connectivity index (χ2v) is 9.12. The molecule has 0 amide bonds. The summed E-state index contributed by atoms with van der Waals surface area (Å²) in [5, 5.41) is 10.6. The summed E-state index contributed by atoms with van der Waals surface area (Å²) < 4.78 is 17.3. The van der Waals surface area contributed by atoms with Gasteiger partial charge in [-0.25, -0.2) is 0 Å². The van der Waals surface area contributed by atoms with Gasteiger partial charge in [0, 0.05) is 36.8 Å². The van der Waals surface area contributed by atoms with Crippen molar-refractivity contribution in [3.8, 4) is 34.1 Å². The maximum atomic E-state index is 10.6. The first-order valence-electron chi connectivity index (χ1n) is 11.8. The van der Waals surface area contributed by atoms with Gasteiger partial charge >= 0.3 is 0 Å². The maximum Gasteiger partial charge on any atom is 0.169 e. The van der Waals surface area contributed by atoms with Crippen molar-refractivity contribution in [2.45, 2.75) is 38.1 Å². The number of piperidine rings is 1. The minimum atomic E-state index is 0.154. The number of nitrogens with zero attached hydrogens (tertiary/aromatic N) is 2. The van der Waals surface area contributed by atoms with Crippen LogP contribution in [0.4, 0.5) is 0 Å². The molecule has 6 nitrogen and oxygen atoms in total. The Morgan fingerprint density at radius 2 is 1.66 bits per heavy atom. The van der Waals surface area contributed by atoms with Gasteiger partial charge in [0.1, 0.15) is 0 Å². The molecule has 1 atom stereocenters. The van der Waals surface area contributed by atoms with Crippen LogP contribution >= 0.6 is 0 Å². The molecule has 1 N–H and O–H groups in total. The fourth-order valence-corrected chi connectivity index (χ4v) is 5.92. The lowest BCUT2D eigenvalue weighted by Crippen LogP contribution is -2.43.